The topological polar surface area (TPSA) is 66.0 Å². The van der Waals surface area contributed by atoms with Crippen LogP contribution in [0.1, 0.15) is 10.4 Å². The molecule has 1 amide bonds. The van der Waals surface area contributed by atoms with Gasteiger partial charge in [-0.1, -0.05) is 6.07 Å². The molecule has 1 fully saturated rings. The minimum Gasteiger partial charge on any atom is -0.494 e. The van der Waals surface area contributed by atoms with Crippen molar-refractivity contribution in [2.45, 2.75) is 12.2 Å². The molecule has 6 nitrogen and oxygen atoms in total. The van der Waals surface area contributed by atoms with Crippen molar-refractivity contribution in [2.75, 3.05) is 41.1 Å². The molecule has 0 aromatic heterocycles. The highest BCUT2D eigenvalue weighted by Crippen LogP contribution is 2.21. The number of hydrogen-bond acceptors (Lipinski definition) is 5. The Morgan fingerprint density at radius 2 is 2.09 bits per heavy atom. The fourth-order valence-electron chi connectivity index (χ4n) is 2.71. The summed E-state index contributed by atoms with van der Waals surface area (Å²) >= 11 is 0. The monoisotopic (exact) mass is 327 g/mol. The van der Waals surface area contributed by atoms with E-state index in [1.807, 2.05) is 0 Å². The van der Waals surface area contributed by atoms with Gasteiger partial charge < -0.3 is 24.3 Å². The Morgan fingerprint density at radius 3 is 2.74 bits per heavy atom. The molecule has 1 heterocycles. The molecule has 1 saturated heterocycles. The van der Waals surface area contributed by atoms with E-state index in [4.69, 9.17) is 18.9 Å². The second-order valence-corrected chi connectivity index (χ2v) is 5.30. The van der Waals surface area contributed by atoms with Crippen LogP contribution in [0, 0.1) is 11.7 Å². The number of ether oxygens (including phenoxy) is 4. The Hall–Kier alpha value is -1.70. The highest BCUT2D eigenvalue weighted by molar-refractivity contribution is 5.94. The van der Waals surface area contributed by atoms with E-state index in [1.54, 1.807) is 20.3 Å². The molecule has 128 valence electrons. The summed E-state index contributed by atoms with van der Waals surface area (Å²) in [5.41, 5.74) is -0.0571. The lowest BCUT2D eigenvalue weighted by Gasteiger charge is -2.36. The molecule has 0 unspecified atom stereocenters. The van der Waals surface area contributed by atoms with Crippen LogP contribution in [-0.2, 0) is 14.2 Å². The van der Waals surface area contributed by atoms with Crippen molar-refractivity contribution in [2.24, 2.45) is 5.92 Å². The van der Waals surface area contributed by atoms with Gasteiger partial charge in [-0.05, 0) is 12.1 Å². The predicted octanol–water partition coefficient (Wildman–Crippen LogP) is 1.24. The van der Waals surface area contributed by atoms with Crippen LogP contribution in [0.3, 0.4) is 0 Å². The van der Waals surface area contributed by atoms with Gasteiger partial charge in [-0.25, -0.2) is 4.39 Å². The van der Waals surface area contributed by atoms with E-state index in [2.05, 4.69) is 5.32 Å². The second kappa shape index (κ2) is 8.24. The molecule has 7 heteroatoms. The Labute approximate surface area is 134 Å². The van der Waals surface area contributed by atoms with Crippen molar-refractivity contribution in [1.29, 1.82) is 0 Å². The molecule has 1 aromatic carbocycles. The zero-order valence-corrected chi connectivity index (χ0v) is 13.5. The number of nitrogens with one attached hydrogen (secondary N) is 1. The van der Waals surface area contributed by atoms with Crippen molar-refractivity contribution < 1.29 is 28.1 Å². The number of amides is 1. The first-order valence-electron chi connectivity index (χ1n) is 7.36. The fraction of sp³-hybridized carbons (Fsp3) is 0.562. The number of halogens is 1. The van der Waals surface area contributed by atoms with Crippen LogP contribution in [0.15, 0.2) is 18.2 Å². The normalized spacial score (nSPS) is 24.3. The standard InChI is InChI=1S/C16H22FNO5/c1-20-12-6-4-5-11(14(12)17)16(19)18-7-10-8-23-9-13(21-2)15(10)22-3/h4-6,10,13,15H,7-9H2,1-3H3,(H,18,19)/t10-,13-,15+/m1/s1. The smallest absolute Gasteiger partial charge is 0.254 e. The van der Waals surface area contributed by atoms with Crippen LogP contribution < -0.4 is 10.1 Å². The summed E-state index contributed by atoms with van der Waals surface area (Å²) in [7, 11) is 4.54. The summed E-state index contributed by atoms with van der Waals surface area (Å²) in [5, 5.41) is 2.72. The molecule has 1 aliphatic heterocycles. The van der Waals surface area contributed by atoms with Crippen LogP contribution in [0.2, 0.25) is 0 Å². The number of carbonyl (C=O) groups is 1. The van der Waals surface area contributed by atoms with E-state index in [-0.39, 0.29) is 29.4 Å². The van der Waals surface area contributed by atoms with Gasteiger partial charge in [0.05, 0.1) is 32.0 Å². The van der Waals surface area contributed by atoms with Crippen LogP contribution in [0.4, 0.5) is 4.39 Å². The second-order valence-electron chi connectivity index (χ2n) is 5.30. The van der Waals surface area contributed by atoms with Gasteiger partial charge in [0.1, 0.15) is 6.10 Å². The van der Waals surface area contributed by atoms with Gasteiger partial charge >= 0.3 is 0 Å². The maximum Gasteiger partial charge on any atom is 0.254 e. The molecule has 0 spiro atoms. The van der Waals surface area contributed by atoms with Crippen molar-refractivity contribution in [3.8, 4) is 5.75 Å². The van der Waals surface area contributed by atoms with E-state index < -0.39 is 11.7 Å². The summed E-state index contributed by atoms with van der Waals surface area (Å²) in [6.45, 7) is 1.19. The molecule has 0 bridgehead atoms. The van der Waals surface area contributed by atoms with Gasteiger partial charge in [-0.3, -0.25) is 4.79 Å². The van der Waals surface area contributed by atoms with E-state index in [9.17, 15) is 9.18 Å². The molecule has 1 N–H and O–H groups in total. The Morgan fingerprint density at radius 1 is 1.30 bits per heavy atom. The van der Waals surface area contributed by atoms with Crippen molar-refractivity contribution in [1.82, 2.24) is 5.32 Å². The molecular weight excluding hydrogens is 305 g/mol. The van der Waals surface area contributed by atoms with E-state index in [1.165, 1.54) is 19.2 Å². The first kappa shape index (κ1) is 17.7. The summed E-state index contributed by atoms with van der Waals surface area (Å²) < 4.78 is 35.2. The molecule has 3 atom stereocenters. The highest BCUT2D eigenvalue weighted by Gasteiger charge is 2.34. The quantitative estimate of drug-likeness (QED) is 0.852. The van der Waals surface area contributed by atoms with Gasteiger partial charge in [0.25, 0.3) is 5.91 Å². The Balaban J connectivity index is 2.01. The molecule has 23 heavy (non-hydrogen) atoms. The summed E-state index contributed by atoms with van der Waals surface area (Å²) in [5.74, 6) is -1.22. The third kappa shape index (κ3) is 3.99. The Bertz CT molecular complexity index is 539. The van der Waals surface area contributed by atoms with Crippen molar-refractivity contribution >= 4 is 5.91 Å². The van der Waals surface area contributed by atoms with Crippen LogP contribution in [0.5, 0.6) is 5.75 Å². The van der Waals surface area contributed by atoms with E-state index in [0.717, 1.165) is 0 Å². The number of methoxy groups -OCH3 is 3. The molecular formula is C16H22FNO5. The number of benzene rings is 1. The summed E-state index contributed by atoms with van der Waals surface area (Å²) in [6, 6.07) is 4.45. The van der Waals surface area contributed by atoms with Crippen LogP contribution >= 0.6 is 0 Å². The molecule has 1 aliphatic rings. The minimum absolute atomic E-state index is 0.0351. The lowest BCUT2D eigenvalue weighted by atomic mass is 9.96. The van der Waals surface area contributed by atoms with E-state index in [0.29, 0.717) is 19.8 Å². The number of carbonyl (C=O) groups excluding carboxylic acids is 1. The number of rotatable bonds is 6. The number of hydrogen-bond donors (Lipinski definition) is 1. The predicted molar refractivity (Wildman–Crippen MR) is 81.2 cm³/mol. The van der Waals surface area contributed by atoms with Gasteiger partial charge in [-0.15, -0.1) is 0 Å². The fourth-order valence-corrected chi connectivity index (χ4v) is 2.71. The minimum atomic E-state index is -0.676. The lowest BCUT2D eigenvalue weighted by molar-refractivity contribution is -0.145. The summed E-state index contributed by atoms with van der Waals surface area (Å²) in [4.78, 5) is 12.2. The average molecular weight is 327 g/mol. The van der Waals surface area contributed by atoms with Gasteiger partial charge in [0.2, 0.25) is 0 Å². The first-order chi connectivity index (χ1) is 11.1. The Kier molecular flexibility index (Phi) is 6.32. The average Bonchev–Trinajstić information content (AvgIpc) is 2.59. The zero-order valence-electron chi connectivity index (χ0n) is 13.5. The van der Waals surface area contributed by atoms with Crippen molar-refractivity contribution in [3.05, 3.63) is 29.6 Å². The molecule has 0 aliphatic carbocycles. The zero-order chi connectivity index (χ0) is 16.8. The maximum atomic E-state index is 14.1. The third-order valence-corrected chi connectivity index (χ3v) is 3.97. The summed E-state index contributed by atoms with van der Waals surface area (Å²) in [6.07, 6.45) is -0.381. The van der Waals surface area contributed by atoms with Gasteiger partial charge in [0.15, 0.2) is 11.6 Å². The lowest BCUT2D eigenvalue weighted by Crippen LogP contribution is -2.50. The van der Waals surface area contributed by atoms with Crippen molar-refractivity contribution in [3.63, 3.8) is 0 Å². The van der Waals surface area contributed by atoms with Gasteiger partial charge in [-0.2, -0.15) is 0 Å². The molecule has 1 aromatic rings. The molecule has 0 saturated carbocycles. The van der Waals surface area contributed by atoms with E-state index >= 15 is 0 Å². The largest absolute Gasteiger partial charge is 0.494 e. The van der Waals surface area contributed by atoms with Gasteiger partial charge in [0, 0.05) is 26.7 Å². The molecule has 0 radical (unpaired) electrons. The SMILES string of the molecule is COc1cccc(C(=O)NC[C@@H]2COC[C@@H](OC)[C@H]2OC)c1F. The third-order valence-electron chi connectivity index (χ3n) is 3.97. The van der Waals surface area contributed by atoms with Crippen LogP contribution in [0.25, 0.3) is 0 Å². The first-order valence-corrected chi connectivity index (χ1v) is 7.36. The maximum absolute atomic E-state index is 14.1. The van der Waals surface area contributed by atoms with Crippen LogP contribution in [-0.4, -0.2) is 59.2 Å². The highest BCUT2D eigenvalue weighted by atomic mass is 19.1. The molecule has 2 rings (SSSR count).